The maximum atomic E-state index is 13.5. The van der Waals surface area contributed by atoms with Crippen LogP contribution in [-0.2, 0) is 4.65 Å². The third-order valence-electron chi connectivity index (χ3n) is 6.10. The van der Waals surface area contributed by atoms with Gasteiger partial charge in [0.05, 0.1) is 12.6 Å². The van der Waals surface area contributed by atoms with Crippen molar-refractivity contribution in [1.29, 1.82) is 0 Å². The molecule has 0 spiro atoms. The number of benzene rings is 2. The minimum Gasteiger partial charge on any atom is -0.491 e. The first-order valence-electron chi connectivity index (χ1n) is 12.2. The smallest absolute Gasteiger partial charge is 0.491 e. The van der Waals surface area contributed by atoms with Crippen molar-refractivity contribution in [2.75, 3.05) is 13.2 Å². The molecule has 35 heavy (non-hydrogen) atoms. The minimum atomic E-state index is -1.11. The molecule has 0 radical (unpaired) electrons. The van der Waals surface area contributed by atoms with Crippen molar-refractivity contribution in [3.8, 4) is 5.75 Å². The van der Waals surface area contributed by atoms with Gasteiger partial charge in [-0.05, 0) is 51.3 Å². The predicted octanol–water partition coefficient (Wildman–Crippen LogP) is 3.96. The van der Waals surface area contributed by atoms with Crippen LogP contribution in [0.2, 0.25) is 0 Å². The Morgan fingerprint density at radius 2 is 1.66 bits per heavy atom. The number of nitrogens with one attached hydrogen (secondary N) is 1. The number of rotatable bonds is 3. The summed E-state index contributed by atoms with van der Waals surface area (Å²) < 4.78 is 11.0. The van der Waals surface area contributed by atoms with Crippen LogP contribution >= 0.6 is 0 Å². The fraction of sp³-hybridized carbons (Fsp3) is 0.481. The van der Waals surface area contributed by atoms with Crippen molar-refractivity contribution in [2.24, 2.45) is 5.41 Å². The van der Waals surface area contributed by atoms with Gasteiger partial charge in [-0.15, -0.1) is 0 Å². The van der Waals surface area contributed by atoms with Crippen molar-refractivity contribution in [1.82, 2.24) is 10.4 Å². The van der Waals surface area contributed by atoms with E-state index in [1.54, 1.807) is 19.1 Å². The number of hydrogen-bond donors (Lipinski definition) is 2. The normalized spacial score (nSPS) is 13.9. The first-order valence-corrected chi connectivity index (χ1v) is 12.2. The van der Waals surface area contributed by atoms with E-state index in [1.807, 2.05) is 73.6 Å². The Kier molecular flexibility index (Phi) is 9.52. The van der Waals surface area contributed by atoms with Crippen LogP contribution in [0, 0.1) is 26.2 Å². The molecule has 0 saturated carbocycles. The molecule has 1 aliphatic rings. The molecule has 1 heterocycles. The Hall–Kier alpha value is -2.84. The van der Waals surface area contributed by atoms with Crippen molar-refractivity contribution >= 4 is 24.4 Å². The Morgan fingerprint density at radius 1 is 1.06 bits per heavy atom. The lowest BCUT2D eigenvalue weighted by atomic mass is 9.77. The van der Waals surface area contributed by atoms with E-state index in [2.05, 4.69) is 5.43 Å². The topological polar surface area (TPSA) is 88.1 Å². The van der Waals surface area contributed by atoms with Gasteiger partial charge < -0.3 is 14.4 Å². The maximum absolute atomic E-state index is 13.5. The summed E-state index contributed by atoms with van der Waals surface area (Å²) >= 11 is 0. The Balaban J connectivity index is 0.00000210. The summed E-state index contributed by atoms with van der Waals surface area (Å²) in [5.74, 6) is -0.263. The summed E-state index contributed by atoms with van der Waals surface area (Å²) in [7, 11) is -1.11. The number of nitrogens with zero attached hydrogens (tertiary/aromatic N) is 1. The fourth-order valence-electron chi connectivity index (χ4n) is 3.86. The molecule has 1 unspecified atom stereocenters. The van der Waals surface area contributed by atoms with Gasteiger partial charge in [0.15, 0.2) is 0 Å². The van der Waals surface area contributed by atoms with Gasteiger partial charge in [-0.2, -0.15) is 0 Å². The van der Waals surface area contributed by atoms with Gasteiger partial charge in [-0.3, -0.25) is 15.0 Å². The number of ether oxygens (including phenoxy) is 1. The maximum Gasteiger partial charge on any atom is 0.495 e. The molecule has 2 aromatic rings. The molecule has 0 aromatic heterocycles. The van der Waals surface area contributed by atoms with E-state index in [1.165, 1.54) is 5.01 Å². The highest BCUT2D eigenvalue weighted by Gasteiger charge is 2.33. The lowest BCUT2D eigenvalue weighted by molar-refractivity contribution is 0.0336. The molecular formula is C27H39BN2O5. The van der Waals surface area contributed by atoms with Crippen molar-refractivity contribution < 1.29 is 24.0 Å². The second kappa shape index (κ2) is 11.7. The standard InChI is InChI=1S/C25H33BN2O5.C2H6/c1-15-12-16(2)14-19(13-15)24(30)28(18(4)25(5,6)7)27-23(29)20-8-9-21-22(17(20)3)32-10-11-33-26(21)31;1-2/h8-9,12-14,18,31H,10-11H2,1-7H3,(H,27,29);1-2H3. The first-order chi connectivity index (χ1) is 16.4. The number of fused-ring (bicyclic) bond motifs is 1. The third-order valence-corrected chi connectivity index (χ3v) is 6.10. The molecule has 0 fully saturated rings. The number of hydrogen-bond acceptors (Lipinski definition) is 5. The second-order valence-electron chi connectivity index (χ2n) is 9.76. The van der Waals surface area contributed by atoms with Crippen molar-refractivity contribution in [2.45, 2.75) is 68.4 Å². The highest BCUT2D eigenvalue weighted by atomic mass is 16.6. The third kappa shape index (κ3) is 6.64. The molecule has 190 valence electrons. The average molecular weight is 482 g/mol. The van der Waals surface area contributed by atoms with Crippen LogP contribution in [0.5, 0.6) is 5.75 Å². The molecule has 2 N–H and O–H groups in total. The van der Waals surface area contributed by atoms with Crippen LogP contribution in [0.4, 0.5) is 0 Å². The zero-order chi connectivity index (χ0) is 26.5. The summed E-state index contributed by atoms with van der Waals surface area (Å²) in [6, 6.07) is 8.61. The molecule has 0 saturated heterocycles. The number of hydrazine groups is 1. The van der Waals surface area contributed by atoms with Gasteiger partial charge in [0.25, 0.3) is 11.8 Å². The first kappa shape index (κ1) is 28.4. The van der Waals surface area contributed by atoms with Crippen molar-refractivity contribution in [3.05, 3.63) is 58.1 Å². The number of carbonyl (C=O) groups is 2. The fourth-order valence-corrected chi connectivity index (χ4v) is 3.86. The van der Waals surface area contributed by atoms with Gasteiger partial charge >= 0.3 is 7.12 Å². The molecule has 7 nitrogen and oxygen atoms in total. The summed E-state index contributed by atoms with van der Waals surface area (Å²) in [6.07, 6.45) is 0. The summed E-state index contributed by atoms with van der Waals surface area (Å²) in [4.78, 5) is 26.9. The van der Waals surface area contributed by atoms with Gasteiger partial charge in [0.2, 0.25) is 0 Å². The van der Waals surface area contributed by atoms with E-state index in [0.29, 0.717) is 27.9 Å². The van der Waals surface area contributed by atoms with E-state index < -0.39 is 13.0 Å². The highest BCUT2D eigenvalue weighted by molar-refractivity contribution is 6.61. The molecule has 2 amide bonds. The Labute approximate surface area is 209 Å². The number of amides is 2. The van der Waals surface area contributed by atoms with E-state index in [-0.39, 0.29) is 30.6 Å². The lowest BCUT2D eigenvalue weighted by Crippen LogP contribution is -2.55. The zero-order valence-corrected chi connectivity index (χ0v) is 22.5. The van der Waals surface area contributed by atoms with Crippen molar-refractivity contribution in [3.63, 3.8) is 0 Å². The van der Waals surface area contributed by atoms with Crippen LogP contribution in [0.3, 0.4) is 0 Å². The molecule has 8 heteroatoms. The van der Waals surface area contributed by atoms with Crippen LogP contribution in [-0.4, -0.2) is 48.2 Å². The molecule has 1 atom stereocenters. The summed E-state index contributed by atoms with van der Waals surface area (Å²) in [6.45, 7) is 18.1. The zero-order valence-electron chi connectivity index (χ0n) is 22.5. The number of carbonyl (C=O) groups excluding carboxylic acids is 2. The van der Waals surface area contributed by atoms with Gasteiger partial charge in [-0.1, -0.05) is 57.9 Å². The Morgan fingerprint density at radius 3 is 2.23 bits per heavy atom. The van der Waals surface area contributed by atoms with Gasteiger partial charge in [-0.25, -0.2) is 5.01 Å². The summed E-state index contributed by atoms with van der Waals surface area (Å²) in [5, 5.41) is 11.6. The average Bonchev–Trinajstić information content (AvgIpc) is 2.98. The molecule has 2 aromatic carbocycles. The van der Waals surface area contributed by atoms with E-state index in [4.69, 9.17) is 9.39 Å². The molecule has 3 rings (SSSR count). The monoisotopic (exact) mass is 482 g/mol. The molecule has 1 aliphatic heterocycles. The molecule has 0 bridgehead atoms. The minimum absolute atomic E-state index is 0.248. The van der Waals surface area contributed by atoms with E-state index in [0.717, 1.165) is 11.1 Å². The molecular weight excluding hydrogens is 443 g/mol. The molecule has 0 aliphatic carbocycles. The van der Waals surface area contributed by atoms with Gasteiger partial charge in [0.1, 0.15) is 12.4 Å². The Bertz CT molecular complexity index is 1040. The second-order valence-corrected chi connectivity index (χ2v) is 9.76. The van der Waals surface area contributed by atoms with Crippen LogP contribution in [0.15, 0.2) is 30.3 Å². The van der Waals surface area contributed by atoms with Gasteiger partial charge in [0, 0.05) is 22.2 Å². The quantitative estimate of drug-likeness (QED) is 0.511. The van der Waals surface area contributed by atoms with E-state index in [9.17, 15) is 14.6 Å². The largest absolute Gasteiger partial charge is 0.495 e. The van der Waals surface area contributed by atoms with Crippen LogP contribution < -0.4 is 15.6 Å². The number of aryl methyl sites for hydroxylation is 2. The highest BCUT2D eigenvalue weighted by Crippen LogP contribution is 2.26. The SMILES string of the molecule is CC.Cc1cc(C)cc(C(=O)N(NC(=O)c2ccc3c(c2C)OCCOB3O)C(C)C(C)(C)C)c1. The lowest BCUT2D eigenvalue weighted by Gasteiger charge is -2.38. The predicted molar refractivity (Wildman–Crippen MR) is 140 cm³/mol. The van der Waals surface area contributed by atoms with Crippen LogP contribution in [0.25, 0.3) is 0 Å². The summed E-state index contributed by atoms with van der Waals surface area (Å²) in [5.41, 5.74) is 6.47. The van der Waals surface area contributed by atoms with Crippen LogP contribution in [0.1, 0.15) is 78.9 Å². The van der Waals surface area contributed by atoms with E-state index >= 15 is 0 Å².